The largest absolute Gasteiger partial charge is 0.495 e. The van der Waals surface area contributed by atoms with Crippen molar-refractivity contribution < 1.29 is 58.6 Å². The van der Waals surface area contributed by atoms with E-state index in [4.69, 9.17) is 14.2 Å². The number of methoxy groups -OCH3 is 1. The number of urea groups is 1. The van der Waals surface area contributed by atoms with Gasteiger partial charge in [0.15, 0.2) is 19.0 Å². The van der Waals surface area contributed by atoms with Crippen LogP contribution >= 0.6 is 0 Å². The Kier molecular flexibility index (Phi) is 9.63. The van der Waals surface area contributed by atoms with E-state index in [1.807, 2.05) is 4.72 Å². The van der Waals surface area contributed by atoms with Crippen molar-refractivity contribution in [3.05, 3.63) is 82.5 Å². The first-order valence-electron chi connectivity index (χ1n) is 16.0. The Morgan fingerprint density at radius 2 is 1.64 bits per heavy atom. The molecule has 1 fully saturated rings. The molecule has 0 atom stereocenters. The zero-order chi connectivity index (χ0) is 38.5. The van der Waals surface area contributed by atoms with E-state index in [1.54, 1.807) is 38.1 Å². The maximum Gasteiger partial charge on any atom is 0.422 e. The molecule has 2 N–H and O–H groups in total. The summed E-state index contributed by atoms with van der Waals surface area (Å²) in [5.41, 5.74) is 0.832. The van der Waals surface area contributed by atoms with Gasteiger partial charge in [0.25, 0.3) is 15.9 Å². The van der Waals surface area contributed by atoms with Crippen molar-refractivity contribution in [2.45, 2.75) is 62.4 Å². The average Bonchev–Trinajstić information content (AvgIpc) is 3.72. The van der Waals surface area contributed by atoms with Crippen molar-refractivity contribution in [2.24, 2.45) is 0 Å². The number of nitrogens with one attached hydrogen (secondary N) is 2. The van der Waals surface area contributed by atoms with Gasteiger partial charge in [-0.2, -0.15) is 26.3 Å². The molecule has 282 valence electrons. The second kappa shape index (κ2) is 13.6. The van der Waals surface area contributed by atoms with Crippen molar-refractivity contribution in [3.8, 4) is 17.2 Å². The van der Waals surface area contributed by atoms with Crippen LogP contribution in [0.25, 0.3) is 10.9 Å². The standard InChI is InChI=1S/C35H32F6N4O7S/c1-19-6-9-26(25(13-19)50-3)53(48,49)44-32(47)43-33(10-11-33)15-21-7-8-24(20(2)14-21)45-16-23-27(31(45)46)29(51-17-34(36,37)38)22-5-4-12-42-28(22)30(23)52-18-35(39,40)41/h4-9,12-14H,10-11,15-18H2,1-3H3,(H2,43,44,47). The van der Waals surface area contributed by atoms with Crippen molar-refractivity contribution in [1.29, 1.82) is 0 Å². The summed E-state index contributed by atoms with van der Waals surface area (Å²) in [5.74, 6) is -1.63. The third-order valence-electron chi connectivity index (χ3n) is 8.77. The number of hydrogen-bond acceptors (Lipinski definition) is 8. The number of pyridine rings is 1. The molecule has 6 rings (SSSR count). The van der Waals surface area contributed by atoms with Gasteiger partial charge in [0, 0.05) is 28.4 Å². The second-order valence-electron chi connectivity index (χ2n) is 12.9. The van der Waals surface area contributed by atoms with Crippen molar-refractivity contribution in [3.63, 3.8) is 0 Å². The fraction of sp³-hybridized carbons (Fsp3) is 0.343. The Bertz CT molecular complexity index is 2220. The summed E-state index contributed by atoms with van der Waals surface area (Å²) in [7, 11) is -2.97. The van der Waals surface area contributed by atoms with Crippen molar-refractivity contribution >= 4 is 38.6 Å². The summed E-state index contributed by atoms with van der Waals surface area (Å²) in [6.45, 7) is -0.450. The SMILES string of the molecule is COc1cc(C)ccc1S(=O)(=O)NC(=O)NC1(Cc2ccc(N3Cc4c(c(OCC(F)(F)F)c5cccnc5c4OCC(F)(F)F)C3=O)c(C)c2)CC1. The number of benzene rings is 3. The maximum absolute atomic E-state index is 14.0. The molecule has 1 saturated carbocycles. The number of anilines is 1. The topological polar surface area (TPSA) is 136 Å². The number of carbonyl (C=O) groups is 2. The van der Waals surface area contributed by atoms with E-state index in [-0.39, 0.29) is 45.6 Å². The van der Waals surface area contributed by atoms with E-state index in [2.05, 4.69) is 10.3 Å². The van der Waals surface area contributed by atoms with E-state index in [9.17, 15) is 44.3 Å². The minimum Gasteiger partial charge on any atom is -0.495 e. The van der Waals surface area contributed by atoms with E-state index < -0.39 is 64.6 Å². The van der Waals surface area contributed by atoms with Gasteiger partial charge < -0.3 is 24.4 Å². The van der Waals surface area contributed by atoms with Crippen LogP contribution in [0.5, 0.6) is 17.2 Å². The molecule has 0 spiro atoms. The van der Waals surface area contributed by atoms with Gasteiger partial charge in [0.1, 0.15) is 21.9 Å². The maximum atomic E-state index is 14.0. The van der Waals surface area contributed by atoms with Gasteiger partial charge in [-0.05, 0) is 80.1 Å². The second-order valence-corrected chi connectivity index (χ2v) is 14.6. The Morgan fingerprint density at radius 1 is 0.962 bits per heavy atom. The van der Waals surface area contributed by atoms with Gasteiger partial charge in [-0.15, -0.1) is 0 Å². The lowest BCUT2D eigenvalue weighted by Crippen LogP contribution is -2.46. The molecule has 3 aromatic carbocycles. The Balaban J connectivity index is 1.25. The molecule has 53 heavy (non-hydrogen) atoms. The monoisotopic (exact) mass is 766 g/mol. The molecular formula is C35H32F6N4O7S. The quantitative estimate of drug-likeness (QED) is 0.162. The first-order valence-corrected chi connectivity index (χ1v) is 17.5. The van der Waals surface area contributed by atoms with Crippen LogP contribution in [0.1, 0.15) is 45.5 Å². The van der Waals surface area contributed by atoms with Gasteiger partial charge in [-0.3, -0.25) is 9.78 Å². The highest BCUT2D eigenvalue weighted by Gasteiger charge is 2.45. The first kappa shape index (κ1) is 37.5. The number of nitrogens with zero attached hydrogens (tertiary/aromatic N) is 2. The number of fused-ring (bicyclic) bond motifs is 2. The third-order valence-corrected chi connectivity index (χ3v) is 10.1. The van der Waals surface area contributed by atoms with E-state index in [0.29, 0.717) is 29.7 Å². The van der Waals surface area contributed by atoms with Crippen LogP contribution in [0, 0.1) is 13.8 Å². The number of amides is 3. The van der Waals surface area contributed by atoms with Crippen LogP contribution in [0.3, 0.4) is 0 Å². The zero-order valence-corrected chi connectivity index (χ0v) is 29.2. The summed E-state index contributed by atoms with van der Waals surface area (Å²) in [4.78, 5) is 31.9. The van der Waals surface area contributed by atoms with Gasteiger partial charge in [-0.25, -0.2) is 17.9 Å². The van der Waals surface area contributed by atoms with Gasteiger partial charge >= 0.3 is 18.4 Å². The third kappa shape index (κ3) is 8.06. The molecule has 0 unspecified atom stereocenters. The summed E-state index contributed by atoms with van der Waals surface area (Å²) < 4.78 is 123. The molecule has 2 aliphatic rings. The van der Waals surface area contributed by atoms with Crippen LogP contribution in [-0.4, -0.2) is 63.6 Å². The summed E-state index contributed by atoms with van der Waals surface area (Å²) in [6.07, 6.45) is -6.98. The molecule has 0 bridgehead atoms. The number of halogens is 6. The minimum absolute atomic E-state index is 0.0710. The van der Waals surface area contributed by atoms with Crippen LogP contribution in [0.4, 0.5) is 36.8 Å². The molecule has 11 nitrogen and oxygen atoms in total. The predicted molar refractivity (Wildman–Crippen MR) is 179 cm³/mol. The molecule has 1 aliphatic carbocycles. The highest BCUT2D eigenvalue weighted by Crippen LogP contribution is 2.47. The Hall–Kier alpha value is -5.26. The smallest absolute Gasteiger partial charge is 0.422 e. The van der Waals surface area contributed by atoms with Crippen LogP contribution < -0.4 is 29.1 Å². The molecule has 1 aliphatic heterocycles. The number of sulfonamides is 1. The lowest BCUT2D eigenvalue weighted by molar-refractivity contribution is -0.154. The fourth-order valence-corrected chi connectivity index (χ4v) is 7.37. The molecule has 1 aromatic heterocycles. The van der Waals surface area contributed by atoms with Crippen LogP contribution in [0.2, 0.25) is 0 Å². The lowest BCUT2D eigenvalue weighted by atomic mass is 10.0. The predicted octanol–water partition coefficient (Wildman–Crippen LogP) is 6.67. The number of hydrogen-bond donors (Lipinski definition) is 2. The first-order chi connectivity index (χ1) is 24.8. The summed E-state index contributed by atoms with van der Waals surface area (Å²) in [5, 5.41) is 2.61. The highest BCUT2D eigenvalue weighted by atomic mass is 32.2. The van der Waals surface area contributed by atoms with E-state index >= 15 is 0 Å². The highest BCUT2D eigenvalue weighted by molar-refractivity contribution is 7.90. The molecule has 18 heteroatoms. The molecule has 0 radical (unpaired) electrons. The molecule has 4 aromatic rings. The zero-order valence-electron chi connectivity index (χ0n) is 28.4. The van der Waals surface area contributed by atoms with E-state index in [1.165, 1.54) is 42.5 Å². The van der Waals surface area contributed by atoms with Gasteiger partial charge in [0.2, 0.25) is 0 Å². The molecule has 0 saturated heterocycles. The van der Waals surface area contributed by atoms with Gasteiger partial charge in [-0.1, -0.05) is 18.2 Å². The Morgan fingerprint density at radius 3 is 2.26 bits per heavy atom. The fourth-order valence-electron chi connectivity index (χ4n) is 6.31. The summed E-state index contributed by atoms with van der Waals surface area (Å²) in [6, 6.07) is 11.1. The minimum atomic E-state index is -4.79. The molecular weight excluding hydrogens is 734 g/mol. The number of carbonyl (C=O) groups excluding carboxylic acids is 2. The normalized spacial score (nSPS) is 15.3. The van der Waals surface area contributed by atoms with Crippen molar-refractivity contribution in [2.75, 3.05) is 25.2 Å². The molecule has 3 amide bonds. The number of aromatic nitrogens is 1. The van der Waals surface area contributed by atoms with Crippen molar-refractivity contribution in [1.82, 2.24) is 15.0 Å². The Labute approximate surface area is 299 Å². The average molecular weight is 767 g/mol. The number of rotatable bonds is 11. The van der Waals surface area contributed by atoms with E-state index in [0.717, 1.165) is 5.56 Å². The van der Waals surface area contributed by atoms with Crippen LogP contribution in [0.15, 0.2) is 59.6 Å². The molecule has 2 heterocycles. The lowest BCUT2D eigenvalue weighted by Gasteiger charge is -2.22. The van der Waals surface area contributed by atoms with Gasteiger partial charge in [0.05, 0.1) is 19.2 Å². The number of aryl methyl sites for hydroxylation is 2. The summed E-state index contributed by atoms with van der Waals surface area (Å²) >= 11 is 0. The number of alkyl halides is 6. The van der Waals surface area contributed by atoms with Crippen LogP contribution in [-0.2, 0) is 23.0 Å². The number of ether oxygens (including phenoxy) is 3.